The van der Waals surface area contributed by atoms with Crippen molar-refractivity contribution in [2.75, 3.05) is 32.8 Å². The predicted molar refractivity (Wildman–Crippen MR) is 82.1 cm³/mol. The van der Waals surface area contributed by atoms with Crippen LogP contribution in [0.3, 0.4) is 0 Å². The van der Waals surface area contributed by atoms with Crippen molar-refractivity contribution in [1.82, 2.24) is 19.8 Å². The van der Waals surface area contributed by atoms with E-state index >= 15 is 0 Å². The van der Waals surface area contributed by atoms with Crippen LogP contribution in [0.5, 0.6) is 5.88 Å². The molecule has 3 saturated heterocycles. The molecule has 4 heterocycles. The number of carbonyl (C=O) groups is 1. The third-order valence-corrected chi connectivity index (χ3v) is 4.88. The van der Waals surface area contributed by atoms with E-state index in [4.69, 9.17) is 9.47 Å². The Kier molecular flexibility index (Phi) is 3.80. The topological polar surface area (TPSA) is 67.8 Å². The molecule has 7 heteroatoms. The van der Waals surface area contributed by atoms with E-state index in [1.54, 1.807) is 18.6 Å². The molecule has 1 atom stereocenters. The van der Waals surface area contributed by atoms with Gasteiger partial charge in [0.1, 0.15) is 11.7 Å². The van der Waals surface area contributed by atoms with Crippen molar-refractivity contribution >= 4 is 6.03 Å². The first-order valence-corrected chi connectivity index (χ1v) is 8.35. The molecule has 1 spiro atoms. The quantitative estimate of drug-likeness (QED) is 0.822. The first-order chi connectivity index (χ1) is 11.2. The highest BCUT2D eigenvalue weighted by molar-refractivity contribution is 5.76. The van der Waals surface area contributed by atoms with Crippen molar-refractivity contribution in [3.63, 3.8) is 0 Å². The summed E-state index contributed by atoms with van der Waals surface area (Å²) in [7, 11) is 0. The molecule has 3 aliphatic rings. The zero-order valence-electron chi connectivity index (χ0n) is 13.2. The molecular weight excluding hydrogens is 296 g/mol. The Bertz CT molecular complexity index is 556. The molecule has 0 unspecified atom stereocenters. The van der Waals surface area contributed by atoms with Gasteiger partial charge in [0.15, 0.2) is 0 Å². The van der Waals surface area contributed by atoms with Crippen LogP contribution in [0.2, 0.25) is 0 Å². The SMILES string of the molecule is O=C(N1CCCC1)N1CC2(C[C@H](Oc3cnccn3)CCO2)C1. The lowest BCUT2D eigenvalue weighted by molar-refractivity contribution is -0.174. The molecule has 0 bridgehead atoms. The summed E-state index contributed by atoms with van der Waals surface area (Å²) in [5.41, 5.74) is -0.236. The summed E-state index contributed by atoms with van der Waals surface area (Å²) >= 11 is 0. The van der Waals surface area contributed by atoms with Gasteiger partial charge in [-0.15, -0.1) is 0 Å². The summed E-state index contributed by atoms with van der Waals surface area (Å²) in [4.78, 5) is 24.4. The summed E-state index contributed by atoms with van der Waals surface area (Å²) in [6, 6.07) is 0.161. The lowest BCUT2D eigenvalue weighted by Crippen LogP contribution is -2.69. The standard InChI is InChI=1S/C16H22N4O3/c21-15(19-6-1-2-7-19)20-11-16(12-20)9-13(3-8-22-16)23-14-10-17-4-5-18-14/h4-5,10,13H,1-3,6-9,11-12H2/t13-/m1/s1. The van der Waals surface area contributed by atoms with Gasteiger partial charge in [-0.2, -0.15) is 0 Å². The largest absolute Gasteiger partial charge is 0.473 e. The Morgan fingerprint density at radius 3 is 2.83 bits per heavy atom. The summed E-state index contributed by atoms with van der Waals surface area (Å²) in [6.07, 6.45) is 8.85. The lowest BCUT2D eigenvalue weighted by atomic mass is 9.85. The van der Waals surface area contributed by atoms with Crippen molar-refractivity contribution in [2.45, 2.75) is 37.4 Å². The van der Waals surface area contributed by atoms with Gasteiger partial charge in [-0.1, -0.05) is 0 Å². The molecule has 2 amide bonds. The van der Waals surface area contributed by atoms with Gasteiger partial charge in [-0.25, -0.2) is 9.78 Å². The number of hydrogen-bond donors (Lipinski definition) is 0. The fraction of sp³-hybridized carbons (Fsp3) is 0.688. The van der Waals surface area contributed by atoms with Crippen molar-refractivity contribution < 1.29 is 14.3 Å². The van der Waals surface area contributed by atoms with Crippen LogP contribution in [0, 0.1) is 0 Å². The van der Waals surface area contributed by atoms with E-state index in [9.17, 15) is 4.79 Å². The smallest absolute Gasteiger partial charge is 0.320 e. The second-order valence-electron chi connectivity index (χ2n) is 6.64. The first-order valence-electron chi connectivity index (χ1n) is 8.35. The number of urea groups is 1. The van der Waals surface area contributed by atoms with Gasteiger partial charge in [0.2, 0.25) is 5.88 Å². The van der Waals surface area contributed by atoms with E-state index in [0.717, 1.165) is 38.8 Å². The minimum Gasteiger partial charge on any atom is -0.473 e. The molecule has 0 aliphatic carbocycles. The van der Waals surface area contributed by atoms with Gasteiger partial charge in [-0.05, 0) is 12.8 Å². The number of amides is 2. The van der Waals surface area contributed by atoms with Gasteiger partial charge in [0, 0.05) is 38.3 Å². The van der Waals surface area contributed by atoms with Crippen LogP contribution in [0.25, 0.3) is 0 Å². The third kappa shape index (κ3) is 2.97. The summed E-state index contributed by atoms with van der Waals surface area (Å²) in [6.45, 7) is 3.78. The number of aromatic nitrogens is 2. The number of likely N-dealkylation sites (tertiary alicyclic amines) is 2. The summed E-state index contributed by atoms with van der Waals surface area (Å²) in [5.74, 6) is 0.555. The molecule has 0 saturated carbocycles. The molecular formula is C16H22N4O3. The molecule has 3 fully saturated rings. The van der Waals surface area contributed by atoms with Gasteiger partial charge in [0.05, 0.1) is 25.9 Å². The van der Waals surface area contributed by atoms with Crippen LogP contribution >= 0.6 is 0 Å². The van der Waals surface area contributed by atoms with Crippen LogP contribution in [-0.2, 0) is 4.74 Å². The highest BCUT2D eigenvalue weighted by Gasteiger charge is 2.50. The Morgan fingerprint density at radius 2 is 2.09 bits per heavy atom. The zero-order chi connectivity index (χ0) is 15.7. The fourth-order valence-electron chi connectivity index (χ4n) is 3.71. The molecule has 0 N–H and O–H groups in total. The average Bonchev–Trinajstić information content (AvgIpc) is 3.07. The Balaban J connectivity index is 1.32. The monoisotopic (exact) mass is 318 g/mol. The minimum absolute atomic E-state index is 0.0736. The molecule has 3 aliphatic heterocycles. The third-order valence-electron chi connectivity index (χ3n) is 4.88. The first kappa shape index (κ1) is 14.7. The van der Waals surface area contributed by atoms with E-state index in [0.29, 0.717) is 25.6 Å². The molecule has 4 rings (SSSR count). The van der Waals surface area contributed by atoms with Crippen LogP contribution in [0.15, 0.2) is 18.6 Å². The predicted octanol–water partition coefficient (Wildman–Crippen LogP) is 1.30. The van der Waals surface area contributed by atoms with E-state index in [-0.39, 0.29) is 17.7 Å². The second kappa shape index (κ2) is 5.96. The molecule has 1 aromatic heterocycles. The molecule has 23 heavy (non-hydrogen) atoms. The highest BCUT2D eigenvalue weighted by atomic mass is 16.5. The van der Waals surface area contributed by atoms with Gasteiger partial charge in [-0.3, -0.25) is 4.98 Å². The van der Waals surface area contributed by atoms with E-state index in [1.807, 2.05) is 9.80 Å². The number of hydrogen-bond acceptors (Lipinski definition) is 5. The number of nitrogens with zero attached hydrogens (tertiary/aromatic N) is 4. The highest BCUT2D eigenvalue weighted by Crippen LogP contribution is 2.36. The van der Waals surface area contributed by atoms with Crippen molar-refractivity contribution in [3.8, 4) is 5.88 Å². The van der Waals surface area contributed by atoms with Crippen LogP contribution in [0.1, 0.15) is 25.7 Å². The van der Waals surface area contributed by atoms with Crippen molar-refractivity contribution in [1.29, 1.82) is 0 Å². The normalized spacial score (nSPS) is 26.2. The van der Waals surface area contributed by atoms with Crippen molar-refractivity contribution in [3.05, 3.63) is 18.6 Å². The fourth-order valence-corrected chi connectivity index (χ4v) is 3.71. The maximum atomic E-state index is 12.4. The van der Waals surface area contributed by atoms with Gasteiger partial charge < -0.3 is 19.3 Å². The molecule has 7 nitrogen and oxygen atoms in total. The van der Waals surface area contributed by atoms with Gasteiger partial charge in [0.25, 0.3) is 0 Å². The molecule has 124 valence electrons. The Morgan fingerprint density at radius 1 is 1.26 bits per heavy atom. The molecule has 0 radical (unpaired) electrons. The maximum absolute atomic E-state index is 12.4. The van der Waals surface area contributed by atoms with Crippen LogP contribution in [0.4, 0.5) is 4.79 Å². The van der Waals surface area contributed by atoms with E-state index in [2.05, 4.69) is 9.97 Å². The Hall–Kier alpha value is -1.89. The zero-order valence-corrected chi connectivity index (χ0v) is 13.2. The average molecular weight is 318 g/mol. The summed E-state index contributed by atoms with van der Waals surface area (Å²) < 4.78 is 11.9. The second-order valence-corrected chi connectivity index (χ2v) is 6.64. The minimum atomic E-state index is -0.236. The van der Waals surface area contributed by atoms with Crippen LogP contribution < -0.4 is 4.74 Å². The summed E-state index contributed by atoms with van der Waals surface area (Å²) in [5, 5.41) is 0. The maximum Gasteiger partial charge on any atom is 0.320 e. The number of rotatable bonds is 2. The van der Waals surface area contributed by atoms with Gasteiger partial charge >= 0.3 is 6.03 Å². The van der Waals surface area contributed by atoms with E-state index in [1.165, 1.54) is 0 Å². The van der Waals surface area contributed by atoms with Crippen molar-refractivity contribution in [2.24, 2.45) is 0 Å². The Labute approximate surface area is 135 Å². The lowest BCUT2D eigenvalue weighted by Gasteiger charge is -2.53. The van der Waals surface area contributed by atoms with Crippen LogP contribution in [-0.4, -0.2) is 70.3 Å². The van der Waals surface area contributed by atoms with E-state index < -0.39 is 0 Å². The molecule has 0 aromatic carbocycles. The molecule has 1 aromatic rings. The number of ether oxygens (including phenoxy) is 2. The number of carbonyl (C=O) groups excluding carboxylic acids is 1.